The van der Waals surface area contributed by atoms with E-state index in [1.54, 1.807) is 0 Å². The Balaban J connectivity index is 1.73. The lowest BCUT2D eigenvalue weighted by Crippen LogP contribution is -2.41. The first-order valence-corrected chi connectivity index (χ1v) is 9.88. The molecule has 1 aliphatic heterocycles. The zero-order chi connectivity index (χ0) is 18.2. The summed E-state index contributed by atoms with van der Waals surface area (Å²) in [5.74, 6) is 0.558. The van der Waals surface area contributed by atoms with E-state index in [1.807, 2.05) is 6.07 Å². The Kier molecular flexibility index (Phi) is 4.96. The van der Waals surface area contributed by atoms with Crippen molar-refractivity contribution in [3.8, 4) is 0 Å². The summed E-state index contributed by atoms with van der Waals surface area (Å²) in [6, 6.07) is 7.88. The zero-order valence-corrected chi connectivity index (χ0v) is 16.9. The van der Waals surface area contributed by atoms with Gasteiger partial charge in [-0.2, -0.15) is 0 Å². The predicted octanol–water partition coefficient (Wildman–Crippen LogP) is 3.08. The summed E-state index contributed by atoms with van der Waals surface area (Å²) in [6.07, 6.45) is 7.89. The quantitative estimate of drug-likeness (QED) is 0.509. The number of aryl methyl sites for hydroxylation is 1. The largest absolute Gasteiger partial charge is 0.399 e. The van der Waals surface area contributed by atoms with E-state index in [9.17, 15) is 0 Å². The van der Waals surface area contributed by atoms with Gasteiger partial charge in [0.1, 0.15) is 24.0 Å². The molecule has 25 heavy (non-hydrogen) atoms. The van der Waals surface area contributed by atoms with Gasteiger partial charge in [0, 0.05) is 34.6 Å². The molecule has 5 heteroatoms. The Bertz CT molecular complexity index is 737. The molecule has 0 aliphatic carbocycles. The first-order chi connectivity index (χ1) is 11.8. The second kappa shape index (κ2) is 6.87. The number of anilines is 2. The van der Waals surface area contributed by atoms with Gasteiger partial charge >= 0.3 is 0 Å². The first-order valence-electron chi connectivity index (χ1n) is 9.18. The monoisotopic (exact) mass is 354 g/mol. The first kappa shape index (κ1) is 18.1. The van der Waals surface area contributed by atoms with Crippen molar-refractivity contribution in [2.24, 2.45) is 5.92 Å². The van der Waals surface area contributed by atoms with Gasteiger partial charge in [-0.3, -0.25) is 0 Å². The Hall–Kier alpha value is -1.75. The van der Waals surface area contributed by atoms with Crippen molar-refractivity contribution < 1.29 is 4.57 Å². The van der Waals surface area contributed by atoms with Crippen LogP contribution in [-0.4, -0.2) is 27.9 Å². The van der Waals surface area contributed by atoms with Crippen LogP contribution in [0, 0.1) is 12.8 Å². The lowest BCUT2D eigenvalue weighted by atomic mass is 9.90. The van der Waals surface area contributed by atoms with Gasteiger partial charge in [0.2, 0.25) is 6.33 Å². The number of hydrogen-bond donors (Lipinski definition) is 1. The Morgan fingerprint density at radius 3 is 2.84 bits per heavy atom. The lowest BCUT2D eigenvalue weighted by molar-refractivity contribution is -0.718. The van der Waals surface area contributed by atoms with Crippen LogP contribution in [0.25, 0.3) is 0 Å². The van der Waals surface area contributed by atoms with Crippen LogP contribution in [0.3, 0.4) is 0 Å². The molecule has 1 saturated heterocycles. The fourth-order valence-corrected chi connectivity index (χ4v) is 4.01. The van der Waals surface area contributed by atoms with Crippen LogP contribution in [0.15, 0.2) is 36.9 Å². The molecule has 2 heterocycles. The highest BCUT2D eigenvalue weighted by Gasteiger charge is 2.34. The third-order valence-electron chi connectivity index (χ3n) is 6.04. The van der Waals surface area contributed by atoms with Crippen molar-refractivity contribution in [2.45, 2.75) is 51.7 Å². The minimum absolute atomic E-state index is 0.0966. The van der Waals surface area contributed by atoms with E-state index in [2.05, 4.69) is 82.8 Å². The van der Waals surface area contributed by atoms with Gasteiger partial charge < -0.3 is 10.6 Å². The number of rotatable bonds is 5. The molecule has 0 spiro atoms. The second-order valence-corrected chi connectivity index (χ2v) is 8.36. The van der Waals surface area contributed by atoms with Crippen LogP contribution in [0.2, 0.25) is 6.04 Å². The molecule has 3 radical (unpaired) electrons. The molecule has 2 atom stereocenters. The maximum atomic E-state index is 5.96. The van der Waals surface area contributed by atoms with Crippen LogP contribution in [-0.2, 0) is 5.54 Å². The van der Waals surface area contributed by atoms with E-state index in [4.69, 9.17) is 5.73 Å². The molecule has 1 fully saturated rings. The number of nitrogens with two attached hydrogens (primary N) is 1. The van der Waals surface area contributed by atoms with Crippen molar-refractivity contribution in [3.63, 3.8) is 0 Å². The summed E-state index contributed by atoms with van der Waals surface area (Å²) in [4.78, 5) is 2.47. The summed E-state index contributed by atoms with van der Waals surface area (Å²) in [6.45, 7) is 11.1. The molecule has 3 rings (SSSR count). The van der Waals surface area contributed by atoms with E-state index in [-0.39, 0.29) is 5.54 Å². The van der Waals surface area contributed by atoms with Crippen molar-refractivity contribution in [3.05, 3.63) is 42.5 Å². The van der Waals surface area contributed by atoms with Crippen molar-refractivity contribution in [1.82, 2.24) is 4.57 Å². The minimum Gasteiger partial charge on any atom is -0.399 e. The molecule has 133 valence electrons. The number of imidazole rings is 1. The Labute approximate surface area is 155 Å². The van der Waals surface area contributed by atoms with E-state index in [0.717, 1.165) is 30.4 Å². The van der Waals surface area contributed by atoms with Crippen molar-refractivity contribution in [1.29, 1.82) is 0 Å². The summed E-state index contributed by atoms with van der Waals surface area (Å²) < 4.78 is 4.74. The molecule has 1 aromatic carbocycles. The minimum atomic E-state index is 0.0966. The maximum absolute atomic E-state index is 5.96. The predicted molar refractivity (Wildman–Crippen MR) is 105 cm³/mol. The molecule has 1 aliphatic rings. The standard InChI is InChI=1S/C20H30N4Si/c1-15-11-17(5-6-19(15)21)22-8-7-18(12-22)23-9-10-24(14-23)20(3,4)16(2)13-25/h5-6,9-11,14,16,18H,7-8,12-13,21H2,1-4H3/q+1. The highest BCUT2D eigenvalue weighted by molar-refractivity contribution is 6.08. The van der Waals surface area contributed by atoms with Crippen molar-refractivity contribution >= 4 is 21.6 Å². The Morgan fingerprint density at radius 1 is 1.40 bits per heavy atom. The average Bonchev–Trinajstić information content (AvgIpc) is 3.25. The number of nitrogen functional groups attached to an aromatic ring is 1. The zero-order valence-electron chi connectivity index (χ0n) is 15.9. The summed E-state index contributed by atoms with van der Waals surface area (Å²) in [7, 11) is 3.68. The third kappa shape index (κ3) is 3.47. The van der Waals surface area contributed by atoms with E-state index >= 15 is 0 Å². The maximum Gasteiger partial charge on any atom is 0.244 e. The number of aromatic nitrogens is 2. The van der Waals surface area contributed by atoms with E-state index < -0.39 is 0 Å². The van der Waals surface area contributed by atoms with Crippen molar-refractivity contribution in [2.75, 3.05) is 23.7 Å². The second-order valence-electron chi connectivity index (χ2n) is 7.96. The van der Waals surface area contributed by atoms with Gasteiger partial charge in [-0.15, -0.1) is 0 Å². The van der Waals surface area contributed by atoms with Crippen LogP contribution in [0.4, 0.5) is 11.4 Å². The van der Waals surface area contributed by atoms with Crippen LogP contribution in [0.1, 0.15) is 38.8 Å². The van der Waals surface area contributed by atoms with Gasteiger partial charge in [0.15, 0.2) is 0 Å². The van der Waals surface area contributed by atoms with Gasteiger partial charge in [0.25, 0.3) is 0 Å². The smallest absolute Gasteiger partial charge is 0.244 e. The van der Waals surface area contributed by atoms with Gasteiger partial charge in [0.05, 0.1) is 6.54 Å². The fraction of sp³-hybridized carbons (Fsp3) is 0.550. The number of nitrogens with zero attached hydrogens (tertiary/aromatic N) is 3. The molecule has 0 amide bonds. The number of benzene rings is 1. The normalized spacial score (nSPS) is 19.4. The Morgan fingerprint density at radius 2 is 2.16 bits per heavy atom. The van der Waals surface area contributed by atoms with Gasteiger partial charge in [-0.05, 0) is 50.5 Å². The molecule has 4 nitrogen and oxygen atoms in total. The molecule has 2 N–H and O–H groups in total. The SMILES string of the molecule is Cc1cc(N2CCC([n+]3ccn(C(C)(C)C(C)C[Si])c3)C2)ccc1N. The fourth-order valence-electron chi connectivity index (χ4n) is 3.51. The summed E-state index contributed by atoms with van der Waals surface area (Å²) >= 11 is 0. The highest BCUT2D eigenvalue weighted by atomic mass is 28.1. The highest BCUT2D eigenvalue weighted by Crippen LogP contribution is 2.29. The molecule has 2 unspecified atom stereocenters. The van der Waals surface area contributed by atoms with E-state index in [1.165, 1.54) is 12.1 Å². The lowest BCUT2D eigenvalue weighted by Gasteiger charge is -2.27. The molecule has 1 aromatic heterocycles. The molecule has 2 aromatic rings. The van der Waals surface area contributed by atoms with E-state index in [0.29, 0.717) is 12.0 Å². The third-order valence-corrected chi connectivity index (χ3v) is 6.65. The molecule has 0 saturated carbocycles. The number of hydrogen-bond acceptors (Lipinski definition) is 2. The molecule has 0 bridgehead atoms. The topological polar surface area (TPSA) is 38.1 Å². The van der Waals surface area contributed by atoms with Gasteiger partial charge in [-0.1, -0.05) is 13.0 Å². The van der Waals surface area contributed by atoms with Gasteiger partial charge in [-0.25, -0.2) is 9.13 Å². The van der Waals surface area contributed by atoms with Crippen LogP contribution in [0.5, 0.6) is 0 Å². The summed E-state index contributed by atoms with van der Waals surface area (Å²) in [5.41, 5.74) is 9.36. The van der Waals surface area contributed by atoms with Crippen LogP contribution >= 0.6 is 0 Å². The average molecular weight is 355 g/mol. The molecular weight excluding hydrogens is 324 g/mol. The molecular formula is C20H30N4Si+. The summed E-state index contributed by atoms with van der Waals surface area (Å²) in [5, 5.41) is 0. The van der Waals surface area contributed by atoms with Crippen LogP contribution < -0.4 is 15.2 Å².